The monoisotopic (exact) mass is 734 g/mol. The lowest BCUT2D eigenvalue weighted by Crippen LogP contribution is -2.61. The number of benzene rings is 5. The number of hydrogen-bond donors (Lipinski definition) is 0. The minimum atomic E-state index is 0.0887. The summed E-state index contributed by atoms with van der Waals surface area (Å²) in [7, 11) is 0. The number of rotatable bonds is 9. The summed E-state index contributed by atoms with van der Waals surface area (Å²) in [5, 5.41) is 5.15. The van der Waals surface area contributed by atoms with Crippen LogP contribution >= 0.6 is 11.3 Å². The highest BCUT2D eigenvalue weighted by Crippen LogP contribution is 2.52. The van der Waals surface area contributed by atoms with Crippen LogP contribution in [-0.4, -0.2) is 9.13 Å². The van der Waals surface area contributed by atoms with E-state index in [9.17, 15) is 0 Å². The zero-order valence-corrected chi connectivity index (χ0v) is 33.2. The van der Waals surface area contributed by atoms with Crippen molar-refractivity contribution in [1.29, 1.82) is 0 Å². The molecule has 0 amide bonds. The van der Waals surface area contributed by atoms with Crippen LogP contribution in [0.25, 0.3) is 76.0 Å². The van der Waals surface area contributed by atoms with E-state index in [2.05, 4.69) is 181 Å². The van der Waals surface area contributed by atoms with Crippen molar-refractivity contribution in [2.75, 3.05) is 0 Å². The van der Waals surface area contributed by atoms with Gasteiger partial charge in [-0.1, -0.05) is 88.7 Å². The predicted octanol–water partition coefficient (Wildman–Crippen LogP) is 13.9. The minimum absolute atomic E-state index is 0.0887. The molecule has 55 heavy (non-hydrogen) atoms. The average molecular weight is 735 g/mol. The molecule has 0 bridgehead atoms. The van der Waals surface area contributed by atoms with Crippen molar-refractivity contribution in [1.82, 2.24) is 9.13 Å². The highest BCUT2D eigenvalue weighted by Gasteiger charge is 2.51. The van der Waals surface area contributed by atoms with Gasteiger partial charge in [-0.2, -0.15) is 4.57 Å². The third-order valence-electron chi connectivity index (χ3n) is 12.9. The van der Waals surface area contributed by atoms with E-state index >= 15 is 0 Å². The van der Waals surface area contributed by atoms with Gasteiger partial charge in [-0.3, -0.25) is 0 Å². The molecule has 0 fully saturated rings. The Hall–Kier alpha value is -5.45. The molecule has 1 aliphatic heterocycles. The number of hydrogen-bond acceptors (Lipinski definition) is 1. The molecule has 9 aromatic rings. The molecule has 0 saturated carbocycles. The number of pyridine rings is 1. The molecule has 1 unspecified atom stereocenters. The number of nitrogens with zero attached hydrogens (tertiary/aromatic N) is 3. The average Bonchev–Trinajstić information content (AvgIpc) is 3.92. The Kier molecular flexibility index (Phi) is 8.29. The van der Waals surface area contributed by atoms with Gasteiger partial charge in [0.1, 0.15) is 4.88 Å². The van der Waals surface area contributed by atoms with Crippen LogP contribution < -0.4 is 4.57 Å². The van der Waals surface area contributed by atoms with Crippen LogP contribution in [-0.2, 0) is 12.0 Å². The molecule has 5 heterocycles. The highest BCUT2D eigenvalue weighted by atomic mass is 32.1. The van der Waals surface area contributed by atoms with Crippen LogP contribution in [0.1, 0.15) is 76.8 Å². The Morgan fingerprint density at radius 3 is 2.02 bits per heavy atom. The number of aromatic nitrogens is 3. The molecule has 272 valence electrons. The Morgan fingerprint density at radius 2 is 1.27 bits per heavy atom. The normalized spacial score (nSPS) is 14.9. The number of para-hydroxylation sites is 2. The van der Waals surface area contributed by atoms with E-state index in [4.69, 9.17) is 0 Å². The maximum absolute atomic E-state index is 2.61. The van der Waals surface area contributed by atoms with Crippen molar-refractivity contribution in [2.45, 2.75) is 77.7 Å². The first-order chi connectivity index (χ1) is 27.1. The third kappa shape index (κ3) is 5.11. The van der Waals surface area contributed by atoms with Crippen molar-refractivity contribution in [3.8, 4) is 32.4 Å². The SMILES string of the molecule is CCCCc1ccc(-n2c3ccccc3c3cc4c5cc(-c6cc7c(s6)-c6cccc[n+]6C(CC)(CC)C7CC)ccc5n(-c5ccccc5)c4cc32)cc1. The summed E-state index contributed by atoms with van der Waals surface area (Å²) >= 11 is 1.97. The van der Waals surface area contributed by atoms with Gasteiger partial charge < -0.3 is 9.13 Å². The van der Waals surface area contributed by atoms with Gasteiger partial charge in [0, 0.05) is 62.8 Å². The summed E-state index contributed by atoms with van der Waals surface area (Å²) in [6.45, 7) is 9.40. The molecule has 4 aromatic heterocycles. The van der Waals surface area contributed by atoms with Crippen molar-refractivity contribution in [2.24, 2.45) is 0 Å². The summed E-state index contributed by atoms with van der Waals surface area (Å²) in [6, 6.07) is 50.5. The summed E-state index contributed by atoms with van der Waals surface area (Å²) in [5.41, 5.74) is 13.0. The van der Waals surface area contributed by atoms with Gasteiger partial charge in [-0.05, 0) is 103 Å². The van der Waals surface area contributed by atoms with Crippen LogP contribution in [0.4, 0.5) is 0 Å². The lowest BCUT2D eigenvalue weighted by molar-refractivity contribution is -0.762. The Bertz CT molecular complexity index is 2860. The van der Waals surface area contributed by atoms with E-state index in [-0.39, 0.29) is 5.54 Å². The fourth-order valence-electron chi connectivity index (χ4n) is 10.1. The second-order valence-electron chi connectivity index (χ2n) is 15.5. The van der Waals surface area contributed by atoms with E-state index < -0.39 is 0 Å². The predicted molar refractivity (Wildman–Crippen MR) is 234 cm³/mol. The Labute approximate surface area is 328 Å². The first-order valence-corrected chi connectivity index (χ1v) is 21.2. The molecule has 5 aromatic carbocycles. The molecule has 1 atom stereocenters. The molecule has 10 rings (SSSR count). The molecule has 0 saturated heterocycles. The lowest BCUT2D eigenvalue weighted by Gasteiger charge is -2.38. The van der Waals surface area contributed by atoms with Gasteiger partial charge in [0.05, 0.1) is 28.0 Å². The minimum Gasteiger partial charge on any atom is -0.309 e. The van der Waals surface area contributed by atoms with Crippen molar-refractivity contribution >= 4 is 54.9 Å². The summed E-state index contributed by atoms with van der Waals surface area (Å²) < 4.78 is 7.55. The Balaban J connectivity index is 1.21. The first kappa shape index (κ1) is 34.1. The van der Waals surface area contributed by atoms with Crippen LogP contribution in [0.2, 0.25) is 0 Å². The standard InChI is InChI=1S/C51H48N3S/c1-5-9-17-34-23-26-37(27-24-34)54-44-21-14-13-20-38(44)40-31-41-39-30-35(25-28-45(39)53(48(41)33-47(40)54)36-18-11-10-12-19-36)49-32-42-43(6-2)51(7-3,8-4)52-29-16-15-22-46(52)50(42)55-49/h10-16,18-33,43H,5-9,17H2,1-4H3/q+1. The summed E-state index contributed by atoms with van der Waals surface area (Å²) in [5.74, 6) is 0.476. The molecule has 3 nitrogen and oxygen atoms in total. The fraction of sp³-hybridized carbons (Fsp3) is 0.235. The topological polar surface area (TPSA) is 13.7 Å². The third-order valence-corrected chi connectivity index (χ3v) is 14.1. The molecular weight excluding hydrogens is 687 g/mol. The van der Waals surface area contributed by atoms with Crippen molar-refractivity contribution in [3.63, 3.8) is 0 Å². The lowest BCUT2D eigenvalue weighted by atomic mass is 9.71. The van der Waals surface area contributed by atoms with E-state index in [0.29, 0.717) is 5.92 Å². The summed E-state index contributed by atoms with van der Waals surface area (Å²) in [4.78, 5) is 2.78. The van der Waals surface area contributed by atoms with Gasteiger partial charge in [0.15, 0.2) is 11.7 Å². The Morgan fingerprint density at radius 1 is 0.600 bits per heavy atom. The maximum Gasteiger partial charge on any atom is 0.223 e. The van der Waals surface area contributed by atoms with Gasteiger partial charge >= 0.3 is 0 Å². The molecule has 4 heteroatoms. The van der Waals surface area contributed by atoms with Crippen LogP contribution in [0.3, 0.4) is 0 Å². The second-order valence-corrected chi connectivity index (χ2v) is 16.6. The van der Waals surface area contributed by atoms with Crippen LogP contribution in [0.15, 0.2) is 140 Å². The summed E-state index contributed by atoms with van der Waals surface area (Å²) in [6.07, 6.45) is 9.26. The zero-order chi connectivity index (χ0) is 37.3. The van der Waals surface area contributed by atoms with Gasteiger partial charge in [-0.15, -0.1) is 11.3 Å². The van der Waals surface area contributed by atoms with Gasteiger partial charge in [0.2, 0.25) is 5.69 Å². The molecule has 0 N–H and O–H groups in total. The van der Waals surface area contributed by atoms with Crippen LogP contribution in [0, 0.1) is 0 Å². The molecule has 0 aliphatic carbocycles. The molecule has 0 radical (unpaired) electrons. The molecular formula is C51H48N3S+. The van der Waals surface area contributed by atoms with E-state index in [0.717, 1.165) is 25.7 Å². The zero-order valence-electron chi connectivity index (χ0n) is 32.3. The van der Waals surface area contributed by atoms with E-state index in [1.165, 1.54) is 100.0 Å². The highest BCUT2D eigenvalue weighted by molar-refractivity contribution is 7.19. The smallest absolute Gasteiger partial charge is 0.223 e. The maximum atomic E-state index is 2.61. The molecule has 1 aliphatic rings. The quantitative estimate of drug-likeness (QED) is 0.131. The fourth-order valence-corrected chi connectivity index (χ4v) is 11.4. The van der Waals surface area contributed by atoms with Crippen LogP contribution in [0.5, 0.6) is 0 Å². The van der Waals surface area contributed by atoms with Crippen molar-refractivity contribution < 1.29 is 4.57 Å². The van der Waals surface area contributed by atoms with Crippen molar-refractivity contribution in [3.05, 3.63) is 151 Å². The molecule has 0 spiro atoms. The number of fused-ring (bicyclic) bond motifs is 9. The van der Waals surface area contributed by atoms with Gasteiger partial charge in [-0.25, -0.2) is 0 Å². The largest absolute Gasteiger partial charge is 0.309 e. The second kappa shape index (κ2) is 13.4. The van der Waals surface area contributed by atoms with Gasteiger partial charge in [0.25, 0.3) is 0 Å². The number of unbranched alkanes of at least 4 members (excludes halogenated alkanes) is 1. The first-order valence-electron chi connectivity index (χ1n) is 20.4. The van der Waals surface area contributed by atoms with E-state index in [1.807, 2.05) is 11.3 Å². The number of aryl methyl sites for hydroxylation is 1. The van der Waals surface area contributed by atoms with E-state index in [1.54, 1.807) is 0 Å². The number of thiophene rings is 1.